The molecule has 0 saturated carbocycles. The third kappa shape index (κ3) is 8.30. The van der Waals surface area contributed by atoms with Gasteiger partial charge in [0.25, 0.3) is 0 Å². The quantitative estimate of drug-likeness (QED) is 0.498. The van der Waals surface area contributed by atoms with Gasteiger partial charge in [0, 0.05) is 18.1 Å². The number of aliphatic imine (C=N–C) groups is 1. The van der Waals surface area contributed by atoms with E-state index in [2.05, 4.69) is 20.9 Å². The van der Waals surface area contributed by atoms with Crippen molar-refractivity contribution in [1.29, 1.82) is 0 Å². The molecule has 6 nitrogen and oxygen atoms in total. The van der Waals surface area contributed by atoms with Crippen LogP contribution in [0.3, 0.4) is 0 Å². The monoisotopic (exact) mass is 340 g/mol. The van der Waals surface area contributed by atoms with Crippen LogP contribution in [-0.2, 0) is 4.79 Å². The van der Waals surface area contributed by atoms with E-state index in [1.54, 1.807) is 12.1 Å². The molecule has 23 heavy (non-hydrogen) atoms. The fourth-order valence-corrected chi connectivity index (χ4v) is 1.90. The predicted molar refractivity (Wildman–Crippen MR) is 94.2 cm³/mol. The second-order valence-corrected chi connectivity index (χ2v) is 5.35. The lowest BCUT2D eigenvalue weighted by Crippen LogP contribution is -2.42. The number of guanidine groups is 1. The molecule has 128 valence electrons. The summed E-state index contributed by atoms with van der Waals surface area (Å²) in [6.07, 6.45) is -0.0653. The standard InChI is InChI=1S/C16H25ClN4O2/c1-4-18-15(22)11-21-16(19-5-2)20-10-12(3)23-14-8-6-13(17)7-9-14/h6-9,12H,4-5,10-11H2,1-3H3,(H,18,22)(H2,19,20,21). The first-order valence-corrected chi connectivity index (χ1v) is 8.14. The summed E-state index contributed by atoms with van der Waals surface area (Å²) in [5, 5.41) is 9.63. The number of ether oxygens (including phenoxy) is 1. The van der Waals surface area contributed by atoms with Crippen LogP contribution in [0, 0.1) is 0 Å². The molecule has 7 heteroatoms. The average molecular weight is 341 g/mol. The van der Waals surface area contributed by atoms with Gasteiger partial charge in [-0.25, -0.2) is 4.99 Å². The number of hydrogen-bond donors (Lipinski definition) is 3. The highest BCUT2D eigenvalue weighted by atomic mass is 35.5. The highest BCUT2D eigenvalue weighted by Gasteiger charge is 2.06. The molecular formula is C16H25ClN4O2. The van der Waals surface area contributed by atoms with E-state index in [-0.39, 0.29) is 18.6 Å². The molecule has 1 aromatic carbocycles. The lowest BCUT2D eigenvalue weighted by atomic mass is 10.3. The molecule has 1 aromatic rings. The van der Waals surface area contributed by atoms with Gasteiger partial charge in [-0.3, -0.25) is 4.79 Å². The molecule has 0 aromatic heterocycles. The minimum absolute atomic E-state index is 0.0653. The Balaban J connectivity index is 2.45. The van der Waals surface area contributed by atoms with E-state index < -0.39 is 0 Å². The van der Waals surface area contributed by atoms with Crippen molar-refractivity contribution >= 4 is 23.5 Å². The molecule has 0 fully saturated rings. The minimum Gasteiger partial charge on any atom is -0.489 e. The molecule has 1 atom stereocenters. The molecular weight excluding hydrogens is 316 g/mol. The summed E-state index contributed by atoms with van der Waals surface area (Å²) in [5.74, 6) is 1.24. The smallest absolute Gasteiger partial charge is 0.241 e. The number of carbonyl (C=O) groups is 1. The first-order chi connectivity index (χ1) is 11.0. The van der Waals surface area contributed by atoms with Crippen LogP contribution in [0.2, 0.25) is 5.02 Å². The van der Waals surface area contributed by atoms with E-state index >= 15 is 0 Å². The number of rotatable bonds is 8. The molecule has 0 saturated heterocycles. The summed E-state index contributed by atoms with van der Waals surface area (Å²) in [6.45, 7) is 7.77. The van der Waals surface area contributed by atoms with E-state index in [4.69, 9.17) is 16.3 Å². The zero-order valence-corrected chi connectivity index (χ0v) is 14.6. The normalized spacial score (nSPS) is 12.4. The third-order valence-electron chi connectivity index (χ3n) is 2.81. The first kappa shape index (κ1) is 19.1. The molecule has 1 unspecified atom stereocenters. The lowest BCUT2D eigenvalue weighted by molar-refractivity contribution is -0.119. The third-order valence-corrected chi connectivity index (χ3v) is 3.06. The van der Waals surface area contributed by atoms with Crippen LogP contribution in [0.5, 0.6) is 5.75 Å². The van der Waals surface area contributed by atoms with Crippen molar-refractivity contribution in [3.05, 3.63) is 29.3 Å². The molecule has 0 radical (unpaired) electrons. The van der Waals surface area contributed by atoms with Gasteiger partial charge >= 0.3 is 0 Å². The number of likely N-dealkylation sites (N-methyl/N-ethyl adjacent to an activating group) is 1. The highest BCUT2D eigenvalue weighted by Crippen LogP contribution is 2.16. The number of amides is 1. The van der Waals surface area contributed by atoms with E-state index in [9.17, 15) is 4.79 Å². The Hall–Kier alpha value is -1.95. The number of nitrogens with one attached hydrogen (secondary N) is 3. The van der Waals surface area contributed by atoms with Gasteiger partial charge in [-0.15, -0.1) is 0 Å². The van der Waals surface area contributed by atoms with Gasteiger partial charge < -0.3 is 20.7 Å². The van der Waals surface area contributed by atoms with E-state index in [0.29, 0.717) is 30.6 Å². The van der Waals surface area contributed by atoms with Crippen LogP contribution in [0.4, 0.5) is 0 Å². The Bertz CT molecular complexity index is 505. The largest absolute Gasteiger partial charge is 0.489 e. The number of hydrogen-bond acceptors (Lipinski definition) is 3. The van der Waals surface area contributed by atoms with Gasteiger partial charge in [0.1, 0.15) is 18.4 Å². The molecule has 0 aliphatic rings. The van der Waals surface area contributed by atoms with Crippen molar-refractivity contribution in [2.75, 3.05) is 26.2 Å². The first-order valence-electron chi connectivity index (χ1n) is 7.76. The van der Waals surface area contributed by atoms with Gasteiger partial charge in [0.15, 0.2) is 5.96 Å². The zero-order valence-electron chi connectivity index (χ0n) is 13.9. The second-order valence-electron chi connectivity index (χ2n) is 4.91. The second kappa shape index (κ2) is 10.7. The topological polar surface area (TPSA) is 74.8 Å². The van der Waals surface area contributed by atoms with Crippen LogP contribution in [0.15, 0.2) is 29.3 Å². The number of carbonyl (C=O) groups excluding carboxylic acids is 1. The molecule has 0 aliphatic carbocycles. The molecule has 3 N–H and O–H groups in total. The fourth-order valence-electron chi connectivity index (χ4n) is 1.77. The van der Waals surface area contributed by atoms with Crippen molar-refractivity contribution in [3.8, 4) is 5.75 Å². The molecule has 0 spiro atoms. The van der Waals surface area contributed by atoms with Gasteiger partial charge in [-0.1, -0.05) is 11.6 Å². The summed E-state index contributed by atoms with van der Waals surface area (Å²) in [7, 11) is 0. The Kier molecular flexibility index (Phi) is 8.90. The van der Waals surface area contributed by atoms with Gasteiger partial charge in [0.2, 0.25) is 5.91 Å². The van der Waals surface area contributed by atoms with Crippen molar-refractivity contribution in [2.45, 2.75) is 26.9 Å². The summed E-state index contributed by atoms with van der Waals surface area (Å²) in [5.41, 5.74) is 0. The summed E-state index contributed by atoms with van der Waals surface area (Å²) < 4.78 is 5.78. The Morgan fingerprint density at radius 2 is 1.83 bits per heavy atom. The van der Waals surface area contributed by atoms with Gasteiger partial charge in [-0.05, 0) is 45.0 Å². The van der Waals surface area contributed by atoms with Crippen molar-refractivity contribution in [1.82, 2.24) is 16.0 Å². The maximum absolute atomic E-state index is 11.4. The summed E-state index contributed by atoms with van der Waals surface area (Å²) in [4.78, 5) is 15.7. The Morgan fingerprint density at radius 3 is 2.43 bits per heavy atom. The van der Waals surface area contributed by atoms with Crippen LogP contribution >= 0.6 is 11.6 Å². The fraction of sp³-hybridized carbons (Fsp3) is 0.500. The molecule has 0 aliphatic heterocycles. The van der Waals surface area contributed by atoms with Gasteiger partial charge in [0.05, 0.1) is 6.54 Å². The molecule has 0 bridgehead atoms. The van der Waals surface area contributed by atoms with Crippen molar-refractivity contribution in [2.24, 2.45) is 4.99 Å². The van der Waals surface area contributed by atoms with Crippen LogP contribution in [-0.4, -0.2) is 44.1 Å². The van der Waals surface area contributed by atoms with E-state index in [0.717, 1.165) is 5.75 Å². The maximum Gasteiger partial charge on any atom is 0.241 e. The molecule has 1 amide bonds. The van der Waals surface area contributed by atoms with Crippen LogP contribution in [0.25, 0.3) is 0 Å². The van der Waals surface area contributed by atoms with Crippen molar-refractivity contribution in [3.63, 3.8) is 0 Å². The zero-order chi connectivity index (χ0) is 17.1. The number of halogens is 1. The Labute approximate surface area is 142 Å². The van der Waals surface area contributed by atoms with E-state index in [1.807, 2.05) is 32.9 Å². The highest BCUT2D eigenvalue weighted by molar-refractivity contribution is 6.30. The molecule has 1 rings (SSSR count). The maximum atomic E-state index is 11.4. The summed E-state index contributed by atoms with van der Waals surface area (Å²) >= 11 is 5.84. The van der Waals surface area contributed by atoms with Crippen LogP contribution < -0.4 is 20.7 Å². The SMILES string of the molecule is CCNC(=O)CN=C(NCC)NCC(C)Oc1ccc(Cl)cc1. The number of benzene rings is 1. The number of nitrogens with zero attached hydrogens (tertiary/aromatic N) is 1. The summed E-state index contributed by atoms with van der Waals surface area (Å²) in [6, 6.07) is 7.23. The van der Waals surface area contributed by atoms with Crippen molar-refractivity contribution < 1.29 is 9.53 Å². The van der Waals surface area contributed by atoms with E-state index in [1.165, 1.54) is 0 Å². The average Bonchev–Trinajstić information content (AvgIpc) is 2.52. The predicted octanol–water partition coefficient (Wildman–Crippen LogP) is 1.80. The van der Waals surface area contributed by atoms with Gasteiger partial charge in [-0.2, -0.15) is 0 Å². The van der Waals surface area contributed by atoms with Crippen LogP contribution in [0.1, 0.15) is 20.8 Å². The molecule has 0 heterocycles. The lowest BCUT2D eigenvalue weighted by Gasteiger charge is -2.17. The Morgan fingerprint density at radius 1 is 1.17 bits per heavy atom. The minimum atomic E-state index is -0.102.